The predicted molar refractivity (Wildman–Crippen MR) is 78.9 cm³/mol. The first-order valence-electron chi connectivity index (χ1n) is 7.92. The second-order valence-electron chi connectivity index (χ2n) is 5.56. The minimum absolute atomic E-state index is 0.0878. The first-order chi connectivity index (χ1) is 8.66. The van der Waals surface area contributed by atoms with Gasteiger partial charge in [-0.15, -0.1) is 0 Å². The van der Waals surface area contributed by atoms with E-state index in [-0.39, 0.29) is 11.5 Å². The van der Waals surface area contributed by atoms with Crippen molar-refractivity contribution in [2.24, 2.45) is 5.41 Å². The van der Waals surface area contributed by atoms with Crippen molar-refractivity contribution in [2.45, 2.75) is 85.2 Å². The Morgan fingerprint density at radius 3 is 1.78 bits per heavy atom. The van der Waals surface area contributed by atoms with Crippen LogP contribution >= 0.6 is 0 Å². The summed E-state index contributed by atoms with van der Waals surface area (Å²) in [6.07, 6.45) is 8.74. The summed E-state index contributed by atoms with van der Waals surface area (Å²) in [7, 11) is 0. The molecule has 0 saturated carbocycles. The molecule has 0 aromatic carbocycles. The van der Waals surface area contributed by atoms with Gasteiger partial charge in [-0.2, -0.15) is 0 Å². The van der Waals surface area contributed by atoms with Crippen LogP contribution in [0.15, 0.2) is 0 Å². The monoisotopic (exact) mass is 258 g/mol. The number of aliphatic hydroxyl groups excluding tert-OH is 1. The Hall–Kier alpha value is -0.0800. The molecule has 1 unspecified atom stereocenters. The van der Waals surface area contributed by atoms with Crippen LogP contribution in [0.2, 0.25) is 0 Å². The fourth-order valence-electron chi connectivity index (χ4n) is 2.99. The molecule has 0 aromatic heterocycles. The van der Waals surface area contributed by atoms with E-state index in [9.17, 15) is 5.11 Å². The molecule has 110 valence electrons. The lowest BCUT2D eigenvalue weighted by Gasteiger charge is -2.38. The van der Waals surface area contributed by atoms with Gasteiger partial charge in [-0.3, -0.25) is 0 Å². The molecule has 2 nitrogen and oxygen atoms in total. The first kappa shape index (κ1) is 17.9. The molecule has 0 aromatic rings. The zero-order chi connectivity index (χ0) is 13.9. The quantitative estimate of drug-likeness (QED) is 0.520. The molecule has 18 heavy (non-hydrogen) atoms. The third-order valence-corrected chi connectivity index (χ3v) is 3.87. The van der Waals surface area contributed by atoms with Crippen LogP contribution in [-0.4, -0.2) is 24.4 Å². The minimum Gasteiger partial charge on any atom is -0.390 e. The highest BCUT2D eigenvalue weighted by molar-refractivity contribution is 4.85. The number of rotatable bonds is 12. The third-order valence-electron chi connectivity index (χ3n) is 3.87. The summed E-state index contributed by atoms with van der Waals surface area (Å²) < 4.78 is 5.63. The van der Waals surface area contributed by atoms with Crippen molar-refractivity contribution >= 4 is 0 Å². The standard InChI is InChI=1S/C16H34O2/c1-5-9-13-18-14-15(17)16(10-6-2,11-7-3)12-8-4/h15,17H,5-14H2,1-4H3. The Bertz CT molecular complexity index is 163. The predicted octanol–water partition coefficient (Wildman–Crippen LogP) is 4.55. The van der Waals surface area contributed by atoms with Gasteiger partial charge in [0.25, 0.3) is 0 Å². The van der Waals surface area contributed by atoms with Gasteiger partial charge in [0.2, 0.25) is 0 Å². The molecular formula is C16H34O2. The maximum absolute atomic E-state index is 10.5. The number of aliphatic hydroxyl groups is 1. The summed E-state index contributed by atoms with van der Waals surface area (Å²) >= 11 is 0. The molecule has 0 bridgehead atoms. The van der Waals surface area contributed by atoms with Crippen LogP contribution in [0.4, 0.5) is 0 Å². The average Bonchev–Trinajstić information content (AvgIpc) is 2.35. The van der Waals surface area contributed by atoms with Crippen LogP contribution in [0.5, 0.6) is 0 Å². The topological polar surface area (TPSA) is 29.5 Å². The summed E-state index contributed by atoms with van der Waals surface area (Å²) in [4.78, 5) is 0. The van der Waals surface area contributed by atoms with Gasteiger partial charge in [0.05, 0.1) is 12.7 Å². The van der Waals surface area contributed by atoms with Crippen LogP contribution in [0.1, 0.15) is 79.1 Å². The van der Waals surface area contributed by atoms with E-state index in [1.807, 2.05) is 0 Å². The third kappa shape index (κ3) is 6.19. The second-order valence-corrected chi connectivity index (χ2v) is 5.56. The van der Waals surface area contributed by atoms with Crippen molar-refractivity contribution in [3.8, 4) is 0 Å². The molecule has 0 aliphatic heterocycles. The van der Waals surface area contributed by atoms with Crippen LogP contribution < -0.4 is 0 Å². The lowest BCUT2D eigenvalue weighted by molar-refractivity contribution is -0.0560. The summed E-state index contributed by atoms with van der Waals surface area (Å²) in [5, 5.41) is 10.5. The number of ether oxygens (including phenoxy) is 1. The molecule has 0 radical (unpaired) electrons. The van der Waals surface area contributed by atoms with Crippen LogP contribution in [0.25, 0.3) is 0 Å². The Morgan fingerprint density at radius 1 is 0.889 bits per heavy atom. The molecule has 1 N–H and O–H groups in total. The fourth-order valence-corrected chi connectivity index (χ4v) is 2.99. The Kier molecular flexibility index (Phi) is 10.8. The highest BCUT2D eigenvalue weighted by Gasteiger charge is 2.35. The van der Waals surface area contributed by atoms with Crippen LogP contribution in [0.3, 0.4) is 0 Å². The SMILES string of the molecule is CCCCOCC(O)C(CCC)(CCC)CCC. The van der Waals surface area contributed by atoms with E-state index in [0.717, 1.165) is 58.0 Å². The maximum atomic E-state index is 10.5. The Morgan fingerprint density at radius 2 is 1.39 bits per heavy atom. The van der Waals surface area contributed by atoms with Gasteiger partial charge in [-0.25, -0.2) is 0 Å². The van der Waals surface area contributed by atoms with E-state index in [0.29, 0.717) is 6.61 Å². The van der Waals surface area contributed by atoms with E-state index in [1.54, 1.807) is 0 Å². The molecule has 0 aliphatic rings. The van der Waals surface area contributed by atoms with Crippen molar-refractivity contribution in [1.29, 1.82) is 0 Å². The van der Waals surface area contributed by atoms with Gasteiger partial charge in [0.1, 0.15) is 0 Å². The molecule has 0 fully saturated rings. The summed E-state index contributed by atoms with van der Waals surface area (Å²) in [6, 6.07) is 0. The van der Waals surface area contributed by atoms with Crippen molar-refractivity contribution in [1.82, 2.24) is 0 Å². The second kappa shape index (κ2) is 10.8. The average molecular weight is 258 g/mol. The van der Waals surface area contributed by atoms with E-state index >= 15 is 0 Å². The van der Waals surface area contributed by atoms with E-state index in [2.05, 4.69) is 27.7 Å². The van der Waals surface area contributed by atoms with Crippen molar-refractivity contribution in [3.05, 3.63) is 0 Å². The lowest BCUT2D eigenvalue weighted by Crippen LogP contribution is -2.38. The Labute approximate surface area is 114 Å². The van der Waals surface area contributed by atoms with Gasteiger partial charge in [-0.1, -0.05) is 53.4 Å². The van der Waals surface area contributed by atoms with Gasteiger partial charge in [-0.05, 0) is 31.1 Å². The van der Waals surface area contributed by atoms with Gasteiger partial charge < -0.3 is 9.84 Å². The number of hydrogen-bond acceptors (Lipinski definition) is 2. The summed E-state index contributed by atoms with van der Waals surface area (Å²) in [5.74, 6) is 0. The number of hydrogen-bond donors (Lipinski definition) is 1. The lowest BCUT2D eigenvalue weighted by atomic mass is 9.71. The first-order valence-corrected chi connectivity index (χ1v) is 7.92. The molecule has 0 rings (SSSR count). The van der Waals surface area contributed by atoms with E-state index in [4.69, 9.17) is 4.74 Å². The molecular weight excluding hydrogens is 224 g/mol. The normalized spacial score (nSPS) is 13.8. The fraction of sp³-hybridized carbons (Fsp3) is 1.00. The molecule has 0 spiro atoms. The van der Waals surface area contributed by atoms with E-state index in [1.165, 1.54) is 0 Å². The molecule has 0 aliphatic carbocycles. The van der Waals surface area contributed by atoms with Crippen LogP contribution in [-0.2, 0) is 4.74 Å². The highest BCUT2D eigenvalue weighted by atomic mass is 16.5. The van der Waals surface area contributed by atoms with Gasteiger partial charge in [0.15, 0.2) is 0 Å². The van der Waals surface area contributed by atoms with Crippen molar-refractivity contribution in [2.75, 3.05) is 13.2 Å². The highest BCUT2D eigenvalue weighted by Crippen LogP contribution is 2.38. The molecule has 2 heteroatoms. The minimum atomic E-state index is -0.297. The van der Waals surface area contributed by atoms with E-state index < -0.39 is 0 Å². The largest absolute Gasteiger partial charge is 0.390 e. The smallest absolute Gasteiger partial charge is 0.0829 e. The van der Waals surface area contributed by atoms with Gasteiger partial charge >= 0.3 is 0 Å². The molecule has 0 heterocycles. The Balaban J connectivity index is 4.39. The molecule has 1 atom stereocenters. The summed E-state index contributed by atoms with van der Waals surface area (Å²) in [6.45, 7) is 10.1. The van der Waals surface area contributed by atoms with Crippen molar-refractivity contribution in [3.63, 3.8) is 0 Å². The van der Waals surface area contributed by atoms with Crippen LogP contribution in [0, 0.1) is 5.41 Å². The molecule has 0 saturated heterocycles. The maximum Gasteiger partial charge on any atom is 0.0829 e. The molecule has 0 amide bonds. The zero-order valence-electron chi connectivity index (χ0n) is 13.0. The van der Waals surface area contributed by atoms with Gasteiger partial charge in [0, 0.05) is 6.61 Å². The zero-order valence-corrected chi connectivity index (χ0v) is 13.0. The summed E-state index contributed by atoms with van der Waals surface area (Å²) in [5.41, 5.74) is 0.0878. The van der Waals surface area contributed by atoms with Crippen molar-refractivity contribution < 1.29 is 9.84 Å². The number of unbranched alkanes of at least 4 members (excludes halogenated alkanes) is 1.